The zero-order valence-corrected chi connectivity index (χ0v) is 16.6. The van der Waals surface area contributed by atoms with Crippen molar-refractivity contribution < 1.29 is 9.59 Å². The Bertz CT molecular complexity index is 889. The van der Waals surface area contributed by atoms with Crippen LogP contribution in [0.1, 0.15) is 48.7 Å². The lowest BCUT2D eigenvalue weighted by molar-refractivity contribution is -0.117. The van der Waals surface area contributed by atoms with Gasteiger partial charge < -0.3 is 15.5 Å². The molecule has 0 spiro atoms. The van der Waals surface area contributed by atoms with Crippen LogP contribution in [0.5, 0.6) is 0 Å². The van der Waals surface area contributed by atoms with E-state index in [4.69, 9.17) is 0 Å². The third-order valence-electron chi connectivity index (χ3n) is 6.03. The molecule has 146 valence electrons. The van der Waals surface area contributed by atoms with Gasteiger partial charge in [0.15, 0.2) is 0 Å². The van der Waals surface area contributed by atoms with Crippen LogP contribution in [-0.2, 0) is 4.79 Å². The monoisotopic (exact) mass is 377 g/mol. The molecular weight excluding hydrogens is 350 g/mol. The highest BCUT2D eigenvalue weighted by Gasteiger charge is 2.47. The van der Waals surface area contributed by atoms with Gasteiger partial charge in [0.05, 0.1) is 6.04 Å². The summed E-state index contributed by atoms with van der Waals surface area (Å²) in [6, 6.07) is 16.1. The van der Waals surface area contributed by atoms with Gasteiger partial charge in [0.1, 0.15) is 0 Å². The first-order chi connectivity index (χ1) is 13.5. The van der Waals surface area contributed by atoms with Crippen LogP contribution in [0.15, 0.2) is 48.5 Å². The van der Waals surface area contributed by atoms with Gasteiger partial charge in [0.25, 0.3) is 5.91 Å². The molecule has 0 aromatic heterocycles. The molecule has 2 N–H and O–H groups in total. The van der Waals surface area contributed by atoms with E-state index in [2.05, 4.69) is 29.7 Å². The van der Waals surface area contributed by atoms with Gasteiger partial charge in [0, 0.05) is 42.9 Å². The molecule has 1 aliphatic carbocycles. The highest BCUT2D eigenvalue weighted by molar-refractivity contribution is 5.95. The van der Waals surface area contributed by atoms with Crippen molar-refractivity contribution in [3.8, 4) is 0 Å². The van der Waals surface area contributed by atoms with E-state index in [0.29, 0.717) is 11.5 Å². The topological polar surface area (TPSA) is 61.4 Å². The van der Waals surface area contributed by atoms with Gasteiger partial charge in [0.2, 0.25) is 5.91 Å². The summed E-state index contributed by atoms with van der Waals surface area (Å²) >= 11 is 0. The Morgan fingerprint density at radius 1 is 1.04 bits per heavy atom. The molecule has 2 aromatic rings. The number of nitrogens with zero attached hydrogens (tertiary/aromatic N) is 1. The number of hydrogen-bond donors (Lipinski definition) is 2. The molecule has 0 radical (unpaired) electrons. The Balaban J connectivity index is 1.68. The van der Waals surface area contributed by atoms with Crippen molar-refractivity contribution in [1.29, 1.82) is 0 Å². The molecule has 28 heavy (non-hydrogen) atoms. The molecule has 5 nitrogen and oxygen atoms in total. The molecule has 0 bridgehead atoms. The minimum absolute atomic E-state index is 0.0890. The van der Waals surface area contributed by atoms with Crippen molar-refractivity contribution in [3.05, 3.63) is 59.7 Å². The lowest BCUT2D eigenvalue weighted by atomic mass is 9.80. The number of fused-ring (bicyclic) bond motifs is 1. The van der Waals surface area contributed by atoms with Gasteiger partial charge in [-0.15, -0.1) is 0 Å². The smallest absolute Gasteiger partial charge is 0.251 e. The average Bonchev–Trinajstić information content (AvgIpc) is 3.54. The summed E-state index contributed by atoms with van der Waals surface area (Å²) in [4.78, 5) is 26.3. The molecule has 2 aliphatic rings. The normalized spacial score (nSPS) is 23.7. The van der Waals surface area contributed by atoms with Crippen LogP contribution >= 0.6 is 0 Å². The first-order valence-electron chi connectivity index (χ1n) is 9.98. The van der Waals surface area contributed by atoms with Crippen molar-refractivity contribution in [2.75, 3.05) is 17.3 Å². The highest BCUT2D eigenvalue weighted by atomic mass is 16.2. The van der Waals surface area contributed by atoms with Crippen LogP contribution in [0, 0.1) is 11.8 Å². The Kier molecular flexibility index (Phi) is 4.84. The standard InChI is InChI=1S/C23H27N3O2/c1-14-21(25-18-12-10-17(11-13-18)23(28)24-3)19-6-4-5-7-20(19)26(15(2)27)22(14)16-8-9-16/h4-7,10-14,16,21-22,25H,8-9H2,1-3H3,(H,24,28)/t14-,21-,22-/m1/s1. The summed E-state index contributed by atoms with van der Waals surface area (Å²) in [6.45, 7) is 3.91. The van der Waals surface area contributed by atoms with Crippen LogP contribution < -0.4 is 15.5 Å². The largest absolute Gasteiger partial charge is 0.378 e. The first-order valence-corrected chi connectivity index (χ1v) is 9.98. The highest BCUT2D eigenvalue weighted by Crippen LogP contribution is 2.49. The second-order valence-corrected chi connectivity index (χ2v) is 7.91. The van der Waals surface area contributed by atoms with Crippen molar-refractivity contribution in [3.63, 3.8) is 0 Å². The number of nitrogens with one attached hydrogen (secondary N) is 2. The van der Waals surface area contributed by atoms with Crippen molar-refractivity contribution in [1.82, 2.24) is 5.32 Å². The summed E-state index contributed by atoms with van der Waals surface area (Å²) in [7, 11) is 1.63. The maximum absolute atomic E-state index is 12.5. The van der Waals surface area contributed by atoms with Crippen molar-refractivity contribution in [2.45, 2.75) is 38.8 Å². The summed E-state index contributed by atoms with van der Waals surface area (Å²) < 4.78 is 0. The van der Waals surface area contributed by atoms with E-state index >= 15 is 0 Å². The molecule has 3 atom stereocenters. The third-order valence-corrected chi connectivity index (χ3v) is 6.03. The Morgan fingerprint density at radius 2 is 1.71 bits per heavy atom. The third kappa shape index (κ3) is 3.26. The summed E-state index contributed by atoms with van der Waals surface area (Å²) in [5.41, 5.74) is 3.79. The maximum Gasteiger partial charge on any atom is 0.251 e. The van der Waals surface area contributed by atoms with Crippen molar-refractivity contribution in [2.24, 2.45) is 11.8 Å². The zero-order chi connectivity index (χ0) is 19.8. The lowest BCUT2D eigenvalue weighted by Crippen LogP contribution is -2.51. The average molecular weight is 377 g/mol. The van der Waals surface area contributed by atoms with Gasteiger partial charge in [-0.05, 0) is 54.7 Å². The summed E-state index contributed by atoms with van der Waals surface area (Å²) in [5, 5.41) is 6.32. The molecule has 2 aromatic carbocycles. The van der Waals surface area contributed by atoms with Crippen LogP contribution in [0.4, 0.5) is 11.4 Å². The predicted octanol–water partition coefficient (Wildman–Crippen LogP) is 3.98. The molecule has 5 heteroatoms. The summed E-state index contributed by atoms with van der Waals surface area (Å²) in [6.07, 6.45) is 2.38. The molecule has 1 aliphatic heterocycles. The second-order valence-electron chi connectivity index (χ2n) is 7.91. The quantitative estimate of drug-likeness (QED) is 0.847. The predicted molar refractivity (Wildman–Crippen MR) is 111 cm³/mol. The molecule has 2 amide bonds. The molecule has 1 fully saturated rings. The number of amides is 2. The molecule has 4 rings (SSSR count). The number of carbonyl (C=O) groups is 2. The van der Waals surface area contributed by atoms with Crippen LogP contribution in [0.3, 0.4) is 0 Å². The zero-order valence-electron chi connectivity index (χ0n) is 16.6. The Labute approximate surface area is 166 Å². The van der Waals surface area contributed by atoms with E-state index in [9.17, 15) is 9.59 Å². The SMILES string of the molecule is CNC(=O)c1ccc(N[C@H]2c3ccccc3N(C(C)=O)[C@@H](C3CC3)[C@@H]2C)cc1. The van der Waals surface area contributed by atoms with Gasteiger partial charge in [-0.2, -0.15) is 0 Å². The molecule has 1 heterocycles. The van der Waals surface area contributed by atoms with Gasteiger partial charge >= 0.3 is 0 Å². The Morgan fingerprint density at radius 3 is 2.32 bits per heavy atom. The van der Waals surface area contributed by atoms with Gasteiger partial charge in [-0.1, -0.05) is 25.1 Å². The number of hydrogen-bond acceptors (Lipinski definition) is 3. The second kappa shape index (κ2) is 7.30. The van der Waals surface area contributed by atoms with Gasteiger partial charge in [-0.3, -0.25) is 9.59 Å². The van der Waals surface area contributed by atoms with Crippen LogP contribution in [-0.4, -0.2) is 24.9 Å². The van der Waals surface area contributed by atoms with Crippen LogP contribution in [0.25, 0.3) is 0 Å². The molecule has 0 saturated heterocycles. The van der Waals surface area contributed by atoms with Crippen molar-refractivity contribution >= 4 is 23.2 Å². The van der Waals surface area contributed by atoms with E-state index in [1.807, 2.05) is 41.3 Å². The van der Waals surface area contributed by atoms with Crippen LogP contribution in [0.2, 0.25) is 0 Å². The fourth-order valence-electron chi connectivity index (χ4n) is 4.55. The molecule has 0 unspecified atom stereocenters. The van der Waals surface area contributed by atoms with Gasteiger partial charge in [-0.25, -0.2) is 0 Å². The van der Waals surface area contributed by atoms with E-state index in [-0.39, 0.29) is 29.8 Å². The lowest BCUT2D eigenvalue weighted by Gasteiger charge is -2.46. The number of benzene rings is 2. The number of anilines is 2. The number of carbonyl (C=O) groups excluding carboxylic acids is 2. The van der Waals surface area contributed by atoms with E-state index in [0.717, 1.165) is 16.9 Å². The van der Waals surface area contributed by atoms with E-state index in [1.165, 1.54) is 12.8 Å². The number of para-hydroxylation sites is 1. The minimum Gasteiger partial charge on any atom is -0.378 e. The maximum atomic E-state index is 12.5. The summed E-state index contributed by atoms with van der Waals surface area (Å²) in [5.74, 6) is 0.885. The molecule has 1 saturated carbocycles. The molecular formula is C23H27N3O2. The fraction of sp³-hybridized carbons (Fsp3) is 0.391. The minimum atomic E-state index is -0.0890. The van der Waals surface area contributed by atoms with E-state index in [1.54, 1.807) is 14.0 Å². The van der Waals surface area contributed by atoms with E-state index < -0.39 is 0 Å². The Hall–Kier alpha value is -2.82. The number of rotatable bonds is 4. The first kappa shape index (κ1) is 18.5. The fourth-order valence-corrected chi connectivity index (χ4v) is 4.55.